The number of nitrogens with one attached hydrogen (secondary N) is 1. The van der Waals surface area contributed by atoms with E-state index in [9.17, 15) is 5.11 Å². The summed E-state index contributed by atoms with van der Waals surface area (Å²) in [4.78, 5) is 6.82. The van der Waals surface area contributed by atoms with Crippen LogP contribution in [0, 0.1) is 0 Å². The van der Waals surface area contributed by atoms with Crippen molar-refractivity contribution in [3.05, 3.63) is 23.8 Å². The third kappa shape index (κ3) is 4.51. The molecule has 0 saturated carbocycles. The normalized spacial score (nSPS) is 16.3. The van der Waals surface area contributed by atoms with Crippen molar-refractivity contribution < 1.29 is 14.6 Å². The highest BCUT2D eigenvalue weighted by molar-refractivity contribution is 5.80. The van der Waals surface area contributed by atoms with Gasteiger partial charge in [-0.3, -0.25) is 4.99 Å². The number of aliphatic hydroxyl groups is 1. The molecule has 0 radical (unpaired) electrons. The summed E-state index contributed by atoms with van der Waals surface area (Å²) in [6.07, 6.45) is 1.64. The Labute approximate surface area is 138 Å². The number of benzene rings is 1. The van der Waals surface area contributed by atoms with Crippen molar-refractivity contribution >= 4 is 5.96 Å². The first-order valence-corrected chi connectivity index (χ1v) is 8.12. The van der Waals surface area contributed by atoms with Crippen LogP contribution >= 0.6 is 0 Å². The SMILES string of the molecule is CCNC(=NCC(O)c1cc(OC)ccc1OC)N1CCCC1. The second-order valence-electron chi connectivity index (χ2n) is 5.51. The van der Waals surface area contributed by atoms with Gasteiger partial charge in [-0.2, -0.15) is 0 Å². The van der Waals surface area contributed by atoms with Crippen molar-refractivity contribution in [1.29, 1.82) is 0 Å². The van der Waals surface area contributed by atoms with Gasteiger partial charge in [0, 0.05) is 25.2 Å². The largest absolute Gasteiger partial charge is 0.497 e. The molecule has 6 nitrogen and oxygen atoms in total. The first-order valence-electron chi connectivity index (χ1n) is 8.12. The van der Waals surface area contributed by atoms with Gasteiger partial charge in [-0.15, -0.1) is 0 Å². The maximum Gasteiger partial charge on any atom is 0.194 e. The number of methoxy groups -OCH3 is 2. The highest BCUT2D eigenvalue weighted by Crippen LogP contribution is 2.29. The van der Waals surface area contributed by atoms with Crippen LogP contribution in [0.3, 0.4) is 0 Å². The maximum atomic E-state index is 10.5. The number of guanidine groups is 1. The predicted octanol–water partition coefficient (Wildman–Crippen LogP) is 1.80. The molecule has 23 heavy (non-hydrogen) atoms. The van der Waals surface area contributed by atoms with Crippen molar-refractivity contribution in [3.8, 4) is 11.5 Å². The van der Waals surface area contributed by atoms with Crippen LogP contribution in [0.1, 0.15) is 31.4 Å². The van der Waals surface area contributed by atoms with Crippen LogP contribution in [0.5, 0.6) is 11.5 Å². The standard InChI is InChI=1S/C17H27N3O3/c1-4-18-17(20-9-5-6-10-20)19-12-15(21)14-11-13(22-2)7-8-16(14)23-3/h7-8,11,15,21H,4-6,9-10,12H2,1-3H3,(H,18,19). The summed E-state index contributed by atoms with van der Waals surface area (Å²) >= 11 is 0. The summed E-state index contributed by atoms with van der Waals surface area (Å²) in [5.41, 5.74) is 0.688. The molecule has 2 rings (SSSR count). The van der Waals surface area contributed by atoms with E-state index in [1.54, 1.807) is 26.4 Å². The van der Waals surface area contributed by atoms with E-state index in [4.69, 9.17) is 9.47 Å². The molecule has 0 aliphatic carbocycles. The highest BCUT2D eigenvalue weighted by atomic mass is 16.5. The Kier molecular flexibility index (Phi) is 6.52. The molecule has 0 bridgehead atoms. The van der Waals surface area contributed by atoms with Gasteiger partial charge in [0.25, 0.3) is 0 Å². The molecule has 1 aromatic rings. The van der Waals surface area contributed by atoms with Crippen LogP contribution in [0.4, 0.5) is 0 Å². The second kappa shape index (κ2) is 8.62. The second-order valence-corrected chi connectivity index (χ2v) is 5.51. The Morgan fingerprint density at radius 3 is 2.65 bits per heavy atom. The number of aliphatic hydroxyl groups excluding tert-OH is 1. The molecule has 1 atom stereocenters. The molecule has 0 aromatic heterocycles. The maximum absolute atomic E-state index is 10.5. The van der Waals surface area contributed by atoms with E-state index in [1.165, 1.54) is 12.8 Å². The van der Waals surface area contributed by atoms with E-state index in [0.717, 1.165) is 25.6 Å². The molecule has 0 amide bonds. The Morgan fingerprint density at radius 1 is 1.30 bits per heavy atom. The summed E-state index contributed by atoms with van der Waals surface area (Å²) in [5, 5.41) is 13.8. The number of ether oxygens (including phenoxy) is 2. The van der Waals surface area contributed by atoms with Gasteiger partial charge in [0.05, 0.1) is 20.8 Å². The summed E-state index contributed by atoms with van der Waals surface area (Å²) in [7, 11) is 3.20. The van der Waals surface area contributed by atoms with Crippen molar-refractivity contribution in [2.75, 3.05) is 40.4 Å². The average Bonchev–Trinajstić information content (AvgIpc) is 3.12. The lowest BCUT2D eigenvalue weighted by atomic mass is 10.1. The van der Waals surface area contributed by atoms with Gasteiger partial charge < -0.3 is 24.8 Å². The molecule has 128 valence electrons. The summed E-state index contributed by atoms with van der Waals surface area (Å²) in [6.45, 7) is 5.18. The fourth-order valence-corrected chi connectivity index (χ4v) is 2.73. The van der Waals surface area contributed by atoms with Gasteiger partial charge in [0.2, 0.25) is 0 Å². The number of nitrogens with zero attached hydrogens (tertiary/aromatic N) is 2. The van der Waals surface area contributed by atoms with E-state index >= 15 is 0 Å². The summed E-state index contributed by atoms with van der Waals surface area (Å²) < 4.78 is 10.6. The molecule has 2 N–H and O–H groups in total. The lowest BCUT2D eigenvalue weighted by Gasteiger charge is -2.21. The van der Waals surface area contributed by atoms with E-state index in [2.05, 4.69) is 15.2 Å². The zero-order chi connectivity index (χ0) is 16.7. The zero-order valence-corrected chi connectivity index (χ0v) is 14.2. The van der Waals surface area contributed by atoms with Crippen molar-refractivity contribution in [1.82, 2.24) is 10.2 Å². The molecular weight excluding hydrogens is 294 g/mol. The minimum absolute atomic E-state index is 0.280. The lowest BCUT2D eigenvalue weighted by molar-refractivity contribution is 0.181. The van der Waals surface area contributed by atoms with E-state index in [-0.39, 0.29) is 6.54 Å². The van der Waals surface area contributed by atoms with Gasteiger partial charge >= 0.3 is 0 Å². The molecule has 1 aromatic carbocycles. The highest BCUT2D eigenvalue weighted by Gasteiger charge is 2.18. The molecule has 0 spiro atoms. The van der Waals surface area contributed by atoms with Gasteiger partial charge in [0.15, 0.2) is 5.96 Å². The minimum Gasteiger partial charge on any atom is -0.497 e. The Hall–Kier alpha value is -1.95. The zero-order valence-electron chi connectivity index (χ0n) is 14.2. The third-order valence-electron chi connectivity index (χ3n) is 3.95. The van der Waals surface area contributed by atoms with Crippen LogP contribution in [0.2, 0.25) is 0 Å². The van der Waals surface area contributed by atoms with E-state index in [1.807, 2.05) is 13.0 Å². The number of hydrogen-bond acceptors (Lipinski definition) is 4. The lowest BCUT2D eigenvalue weighted by Crippen LogP contribution is -2.39. The number of likely N-dealkylation sites (tertiary alicyclic amines) is 1. The molecule has 1 saturated heterocycles. The van der Waals surface area contributed by atoms with Gasteiger partial charge in [-0.25, -0.2) is 0 Å². The molecule has 6 heteroatoms. The molecule has 1 fully saturated rings. The van der Waals surface area contributed by atoms with Gasteiger partial charge in [-0.05, 0) is 38.0 Å². The smallest absolute Gasteiger partial charge is 0.194 e. The van der Waals surface area contributed by atoms with Crippen LogP contribution in [-0.4, -0.2) is 56.4 Å². The molecular formula is C17H27N3O3. The Bertz CT molecular complexity index is 528. The van der Waals surface area contributed by atoms with Gasteiger partial charge in [0.1, 0.15) is 17.6 Å². The molecule has 1 heterocycles. The topological polar surface area (TPSA) is 66.3 Å². The van der Waals surface area contributed by atoms with Crippen LogP contribution in [0.15, 0.2) is 23.2 Å². The summed E-state index contributed by atoms with van der Waals surface area (Å²) in [6, 6.07) is 5.40. The van der Waals surface area contributed by atoms with Crippen molar-refractivity contribution in [2.24, 2.45) is 4.99 Å². The van der Waals surface area contributed by atoms with Gasteiger partial charge in [-0.1, -0.05) is 0 Å². The van der Waals surface area contributed by atoms with E-state index < -0.39 is 6.10 Å². The quantitative estimate of drug-likeness (QED) is 0.618. The first kappa shape index (κ1) is 17.4. The third-order valence-corrected chi connectivity index (χ3v) is 3.95. The molecule has 1 aliphatic heterocycles. The Balaban J connectivity index is 2.12. The first-order chi connectivity index (χ1) is 11.2. The molecule has 1 aliphatic rings. The predicted molar refractivity (Wildman–Crippen MR) is 91.3 cm³/mol. The number of hydrogen-bond donors (Lipinski definition) is 2. The number of aliphatic imine (C=N–C) groups is 1. The number of rotatable bonds is 6. The van der Waals surface area contributed by atoms with Crippen LogP contribution in [0.25, 0.3) is 0 Å². The fraction of sp³-hybridized carbons (Fsp3) is 0.588. The summed E-state index contributed by atoms with van der Waals surface area (Å²) in [5.74, 6) is 2.20. The van der Waals surface area contributed by atoms with E-state index in [0.29, 0.717) is 17.1 Å². The molecule has 1 unspecified atom stereocenters. The minimum atomic E-state index is -0.740. The Morgan fingerprint density at radius 2 is 2.04 bits per heavy atom. The van der Waals surface area contributed by atoms with Crippen LogP contribution in [-0.2, 0) is 0 Å². The average molecular weight is 321 g/mol. The van der Waals surface area contributed by atoms with Crippen molar-refractivity contribution in [3.63, 3.8) is 0 Å². The van der Waals surface area contributed by atoms with Crippen molar-refractivity contribution in [2.45, 2.75) is 25.9 Å². The van der Waals surface area contributed by atoms with Crippen LogP contribution < -0.4 is 14.8 Å². The fourth-order valence-electron chi connectivity index (χ4n) is 2.73. The monoisotopic (exact) mass is 321 g/mol.